The average Bonchev–Trinajstić information content (AvgIpc) is 2.78. The Morgan fingerprint density at radius 2 is 1.53 bits per heavy atom. The van der Waals surface area contributed by atoms with Crippen LogP contribution in [0.4, 0.5) is 0 Å². The maximum atomic E-state index is 11.0. The summed E-state index contributed by atoms with van der Waals surface area (Å²) in [7, 11) is 8.83. The van der Waals surface area contributed by atoms with Gasteiger partial charge in [0.25, 0.3) is 0 Å². The topological polar surface area (TPSA) is 54.0 Å². The molecule has 32 heavy (non-hydrogen) atoms. The van der Waals surface area contributed by atoms with Gasteiger partial charge < -0.3 is 35.7 Å². The molecule has 0 N–H and O–H groups in total. The van der Waals surface area contributed by atoms with Crippen molar-refractivity contribution in [1.29, 1.82) is 0 Å². The monoisotopic (exact) mass is 517 g/mol. The Kier molecular flexibility index (Phi) is 11.2. The minimum atomic E-state index is 0. The molecule has 0 amide bonds. The summed E-state index contributed by atoms with van der Waals surface area (Å²) in [5.41, 5.74) is 3.66. The van der Waals surface area contributed by atoms with E-state index in [0.29, 0.717) is 17.9 Å². The molecule has 0 spiro atoms. The molecule has 0 aromatic heterocycles. The smallest absolute Gasteiger partial charge is 0.161 e. The molecule has 2 unspecified atom stereocenters. The molecular weight excluding hydrogens is 483 g/mol. The van der Waals surface area contributed by atoms with Crippen LogP contribution in [0.5, 0.6) is 23.0 Å². The zero-order valence-electron chi connectivity index (χ0n) is 20.1. The van der Waals surface area contributed by atoms with Gasteiger partial charge in [0.1, 0.15) is 6.04 Å². The number of quaternary nitrogens is 1. The number of rotatable bonds is 9. The number of fused-ring (bicyclic) bond motifs is 1. The van der Waals surface area contributed by atoms with Gasteiger partial charge in [-0.25, -0.2) is 0 Å². The van der Waals surface area contributed by atoms with Crippen LogP contribution in [0.25, 0.3) is 0 Å². The summed E-state index contributed by atoms with van der Waals surface area (Å²) in [6.07, 6.45) is 4.22. The quantitative estimate of drug-likeness (QED) is 0.373. The first-order valence-corrected chi connectivity index (χ1v) is 10.1. The first-order chi connectivity index (χ1) is 14.5. The largest absolute Gasteiger partial charge is 0.542 e. The fraction of sp³-hybridized carbons (Fsp3) is 0.440. The zero-order valence-corrected chi connectivity index (χ0v) is 22.9. The molecule has 0 saturated heterocycles. The average molecular weight is 517 g/mol. The first-order valence-electron chi connectivity index (χ1n) is 10.1. The Hall–Kier alpha value is -1.63. The van der Waals surface area contributed by atoms with Crippen molar-refractivity contribution in [3.63, 3.8) is 0 Å². The van der Waals surface area contributed by atoms with Crippen molar-refractivity contribution in [2.24, 2.45) is 0 Å². The fourth-order valence-corrected chi connectivity index (χ4v) is 4.46. The summed E-state index contributed by atoms with van der Waals surface area (Å²) >= 11 is 0. The molecule has 1 aliphatic heterocycles. The van der Waals surface area contributed by atoms with Crippen molar-refractivity contribution in [2.75, 3.05) is 48.6 Å². The molecule has 6 nitrogen and oxygen atoms in total. The zero-order chi connectivity index (χ0) is 21.7. The number of methoxy groups -OCH3 is 4. The summed E-state index contributed by atoms with van der Waals surface area (Å²) in [4.78, 5) is 11.0. The molecular formula is C25H34NO5Y-. The SMILES string of the molecule is COc1ccc(CC2c3cc(OC)c(OC)cc3CC[N+]2(C)CC[C-]=O)cc1OC.[CH3-].[Y]. The van der Waals surface area contributed by atoms with E-state index in [9.17, 15) is 4.79 Å². The third-order valence-corrected chi connectivity index (χ3v) is 6.25. The van der Waals surface area contributed by atoms with Crippen molar-refractivity contribution < 1.29 is 60.9 Å². The molecule has 0 saturated carbocycles. The summed E-state index contributed by atoms with van der Waals surface area (Å²) in [6, 6.07) is 10.4. The van der Waals surface area contributed by atoms with Crippen molar-refractivity contribution in [1.82, 2.24) is 0 Å². The third kappa shape index (κ3) is 5.83. The van der Waals surface area contributed by atoms with E-state index in [4.69, 9.17) is 18.9 Å². The molecule has 7 heteroatoms. The van der Waals surface area contributed by atoms with Gasteiger partial charge in [-0.1, -0.05) is 6.07 Å². The molecule has 0 fully saturated rings. The van der Waals surface area contributed by atoms with E-state index in [1.165, 1.54) is 11.1 Å². The summed E-state index contributed by atoms with van der Waals surface area (Å²) < 4.78 is 22.8. The van der Waals surface area contributed by atoms with Gasteiger partial charge in [-0.15, -0.1) is 6.42 Å². The van der Waals surface area contributed by atoms with Gasteiger partial charge in [-0.3, -0.25) is 6.29 Å². The van der Waals surface area contributed by atoms with Crippen LogP contribution in [0.2, 0.25) is 0 Å². The number of carbonyl (C=O) groups excluding carboxylic acids is 1. The molecule has 2 aromatic rings. The van der Waals surface area contributed by atoms with Crippen LogP contribution in [0.1, 0.15) is 29.2 Å². The molecule has 1 heterocycles. The standard InChI is InChI=1S/C24H31NO5.CH3.Y/c1-25(10-6-12-26)11-9-18-15-23(29-4)24(30-5)16-19(18)20(25)13-17-7-8-21(27-2)22(14-17)28-3;;/h7-8,14-16,20H,6,9-11,13H2,1-5H3;1H3;/q;-1;. The van der Waals surface area contributed by atoms with Crippen LogP contribution in [-0.2, 0) is 50.3 Å². The van der Waals surface area contributed by atoms with Crippen molar-refractivity contribution >= 4 is 6.29 Å². The number of hydrogen-bond acceptors (Lipinski definition) is 5. The number of nitrogens with zero attached hydrogens (tertiary/aromatic N) is 1. The second-order valence-corrected chi connectivity index (χ2v) is 7.89. The van der Waals surface area contributed by atoms with Gasteiger partial charge in [0.05, 0.1) is 48.6 Å². The third-order valence-electron chi connectivity index (χ3n) is 6.25. The molecule has 2 atom stereocenters. The van der Waals surface area contributed by atoms with Crippen LogP contribution in [0, 0.1) is 7.43 Å². The van der Waals surface area contributed by atoms with Crippen LogP contribution in [-0.4, -0.2) is 59.3 Å². The van der Waals surface area contributed by atoms with Gasteiger partial charge in [0.15, 0.2) is 23.0 Å². The molecule has 3 rings (SSSR count). The Morgan fingerprint density at radius 3 is 2.12 bits per heavy atom. The molecule has 173 valence electrons. The minimum absolute atomic E-state index is 0. The number of benzene rings is 2. The summed E-state index contributed by atoms with van der Waals surface area (Å²) in [5.74, 6) is 2.90. The Balaban J connectivity index is 0.00000256. The molecule has 2 aromatic carbocycles. The van der Waals surface area contributed by atoms with Crippen molar-refractivity contribution in [3.8, 4) is 23.0 Å². The Morgan fingerprint density at radius 1 is 0.938 bits per heavy atom. The number of hydrogen-bond donors (Lipinski definition) is 0. The van der Waals surface area contributed by atoms with Crippen molar-refractivity contribution in [2.45, 2.75) is 25.3 Å². The van der Waals surface area contributed by atoms with Gasteiger partial charge in [0.2, 0.25) is 0 Å². The van der Waals surface area contributed by atoms with Crippen LogP contribution < -0.4 is 18.9 Å². The minimum Gasteiger partial charge on any atom is -0.542 e. The van der Waals surface area contributed by atoms with E-state index >= 15 is 0 Å². The van der Waals surface area contributed by atoms with Crippen LogP contribution >= 0.6 is 0 Å². The maximum absolute atomic E-state index is 11.0. The molecule has 1 radical (unpaired) electrons. The van der Waals surface area contributed by atoms with Crippen LogP contribution in [0.3, 0.4) is 0 Å². The van der Waals surface area contributed by atoms with E-state index in [-0.39, 0.29) is 46.2 Å². The van der Waals surface area contributed by atoms with E-state index in [1.807, 2.05) is 12.1 Å². The summed E-state index contributed by atoms with van der Waals surface area (Å²) in [6.45, 7) is 1.69. The fourth-order valence-electron chi connectivity index (χ4n) is 4.46. The van der Waals surface area contributed by atoms with Gasteiger partial charge in [-0.2, -0.15) is 0 Å². The molecule has 0 aliphatic carbocycles. The Labute approximate surface area is 217 Å². The number of likely N-dealkylation sites (N-methyl/N-ethyl adjacent to an activating group) is 1. The van der Waals surface area contributed by atoms with Gasteiger partial charge >= 0.3 is 0 Å². The maximum Gasteiger partial charge on any atom is 0.161 e. The second kappa shape index (κ2) is 12.6. The Bertz CT molecular complexity index is 904. The predicted molar refractivity (Wildman–Crippen MR) is 122 cm³/mol. The van der Waals surface area contributed by atoms with Gasteiger partial charge in [-0.05, 0) is 35.4 Å². The van der Waals surface area contributed by atoms with E-state index in [2.05, 4.69) is 31.5 Å². The predicted octanol–water partition coefficient (Wildman–Crippen LogP) is 3.96. The van der Waals surface area contributed by atoms with Gasteiger partial charge in [0, 0.05) is 51.1 Å². The number of ether oxygens (including phenoxy) is 4. The van der Waals surface area contributed by atoms with E-state index in [0.717, 1.165) is 47.5 Å². The molecule has 0 bridgehead atoms. The van der Waals surface area contributed by atoms with E-state index in [1.54, 1.807) is 28.4 Å². The first kappa shape index (κ1) is 28.4. The normalized spacial score (nSPS) is 19.0. The summed E-state index contributed by atoms with van der Waals surface area (Å²) in [5, 5.41) is 0. The second-order valence-electron chi connectivity index (χ2n) is 7.89. The molecule has 1 aliphatic rings. The van der Waals surface area contributed by atoms with Crippen molar-refractivity contribution in [3.05, 3.63) is 54.4 Å². The van der Waals surface area contributed by atoms with Crippen LogP contribution in [0.15, 0.2) is 30.3 Å². The van der Waals surface area contributed by atoms with E-state index < -0.39 is 0 Å².